The Morgan fingerprint density at radius 1 is 1.33 bits per heavy atom. The molecule has 7 heteroatoms. The molecule has 0 saturated carbocycles. The summed E-state index contributed by atoms with van der Waals surface area (Å²) in [4.78, 5) is 37.4. The van der Waals surface area contributed by atoms with Gasteiger partial charge < -0.3 is 15.5 Å². The molecule has 1 rings (SSSR count). The molecule has 114 valence electrons. The summed E-state index contributed by atoms with van der Waals surface area (Å²) in [6.45, 7) is 1.82. The number of carboxylic acids is 2. The number of aliphatic carboxylic acids is 2. The van der Waals surface area contributed by atoms with Crippen molar-refractivity contribution in [2.75, 3.05) is 0 Å². The van der Waals surface area contributed by atoms with Gasteiger partial charge in [-0.3, -0.25) is 14.6 Å². The van der Waals surface area contributed by atoms with E-state index in [0.29, 0.717) is 5.69 Å². The lowest BCUT2D eigenvalue weighted by Crippen LogP contribution is -2.41. The number of aryl methyl sites for hydroxylation is 1. The predicted molar refractivity (Wildman–Crippen MR) is 73.7 cm³/mol. The van der Waals surface area contributed by atoms with Crippen LogP contribution in [0.25, 0.3) is 0 Å². The van der Waals surface area contributed by atoms with Gasteiger partial charge in [0, 0.05) is 12.6 Å². The molecular formula is C14H18N2O5. The molecule has 1 aromatic rings. The maximum Gasteiger partial charge on any atom is 0.326 e. The van der Waals surface area contributed by atoms with Crippen molar-refractivity contribution in [3.63, 3.8) is 0 Å². The summed E-state index contributed by atoms with van der Waals surface area (Å²) in [5, 5.41) is 20.0. The first kappa shape index (κ1) is 16.6. The lowest BCUT2D eigenvalue weighted by atomic mass is 10.1. The van der Waals surface area contributed by atoms with Crippen LogP contribution in [0.4, 0.5) is 0 Å². The molecule has 1 atom stereocenters. The molecule has 0 radical (unpaired) electrons. The van der Waals surface area contributed by atoms with Crippen LogP contribution in [-0.4, -0.2) is 39.1 Å². The number of rotatable bonds is 8. The third-order valence-electron chi connectivity index (χ3n) is 2.96. The van der Waals surface area contributed by atoms with Crippen molar-refractivity contribution in [2.24, 2.45) is 0 Å². The molecule has 0 fully saturated rings. The molecule has 0 bridgehead atoms. The van der Waals surface area contributed by atoms with Gasteiger partial charge in [-0.2, -0.15) is 0 Å². The Morgan fingerprint density at radius 2 is 2.05 bits per heavy atom. The number of aromatic nitrogens is 1. The lowest BCUT2D eigenvalue weighted by Gasteiger charge is -2.14. The maximum absolute atomic E-state index is 11.8. The Hall–Kier alpha value is -2.44. The Labute approximate surface area is 122 Å². The molecule has 0 aliphatic rings. The van der Waals surface area contributed by atoms with Gasteiger partial charge >= 0.3 is 11.9 Å². The standard InChI is InChI=1S/C14H18N2O5/c1-9-4-3-7-15-11(9)8-12(17)16-10(14(20)21)5-2-6-13(18)19/h3-4,7,10H,2,5-6,8H2,1H3,(H,16,17)(H,18,19)(H,20,21)/t10-/m1/s1. The number of carbonyl (C=O) groups excluding carboxylic acids is 1. The van der Waals surface area contributed by atoms with Crippen LogP contribution in [0.2, 0.25) is 0 Å². The molecule has 0 spiro atoms. The quantitative estimate of drug-likeness (QED) is 0.651. The number of hydrogen-bond donors (Lipinski definition) is 3. The van der Waals surface area contributed by atoms with Crippen molar-refractivity contribution in [3.8, 4) is 0 Å². The normalized spacial score (nSPS) is 11.7. The van der Waals surface area contributed by atoms with E-state index in [4.69, 9.17) is 10.2 Å². The summed E-state index contributed by atoms with van der Waals surface area (Å²) in [5.41, 5.74) is 1.44. The Balaban J connectivity index is 2.54. The van der Waals surface area contributed by atoms with Crippen LogP contribution in [-0.2, 0) is 20.8 Å². The van der Waals surface area contributed by atoms with E-state index in [2.05, 4.69) is 10.3 Å². The fourth-order valence-corrected chi connectivity index (χ4v) is 1.82. The molecular weight excluding hydrogens is 276 g/mol. The molecule has 7 nitrogen and oxygen atoms in total. The molecule has 0 saturated heterocycles. The fourth-order valence-electron chi connectivity index (χ4n) is 1.82. The number of hydrogen-bond acceptors (Lipinski definition) is 4. The lowest BCUT2D eigenvalue weighted by molar-refractivity contribution is -0.142. The Kier molecular flexibility index (Phi) is 6.32. The van der Waals surface area contributed by atoms with E-state index < -0.39 is 23.9 Å². The maximum atomic E-state index is 11.8. The summed E-state index contributed by atoms with van der Waals surface area (Å²) in [5.74, 6) is -2.61. The van der Waals surface area contributed by atoms with Crippen LogP contribution in [0, 0.1) is 6.92 Å². The number of carbonyl (C=O) groups is 3. The third-order valence-corrected chi connectivity index (χ3v) is 2.96. The largest absolute Gasteiger partial charge is 0.481 e. The van der Waals surface area contributed by atoms with Crippen molar-refractivity contribution in [2.45, 2.75) is 38.6 Å². The summed E-state index contributed by atoms with van der Waals surface area (Å²) >= 11 is 0. The van der Waals surface area contributed by atoms with Crippen molar-refractivity contribution in [1.82, 2.24) is 10.3 Å². The van der Waals surface area contributed by atoms with Crippen LogP contribution in [0.15, 0.2) is 18.3 Å². The zero-order valence-electron chi connectivity index (χ0n) is 11.7. The van der Waals surface area contributed by atoms with Gasteiger partial charge in [-0.15, -0.1) is 0 Å². The molecule has 0 aliphatic carbocycles. The minimum Gasteiger partial charge on any atom is -0.481 e. The highest BCUT2D eigenvalue weighted by Gasteiger charge is 2.20. The Bertz CT molecular complexity index is 530. The monoisotopic (exact) mass is 294 g/mol. The molecule has 0 unspecified atom stereocenters. The Morgan fingerprint density at radius 3 is 2.62 bits per heavy atom. The number of pyridine rings is 1. The van der Waals surface area contributed by atoms with E-state index in [0.717, 1.165) is 5.56 Å². The van der Waals surface area contributed by atoms with Gasteiger partial charge in [0.25, 0.3) is 0 Å². The highest BCUT2D eigenvalue weighted by Crippen LogP contribution is 2.06. The second kappa shape index (κ2) is 7.98. The van der Waals surface area contributed by atoms with Gasteiger partial charge in [-0.05, 0) is 31.4 Å². The first-order valence-corrected chi connectivity index (χ1v) is 6.54. The molecule has 0 aromatic carbocycles. The van der Waals surface area contributed by atoms with Crippen LogP contribution in [0.5, 0.6) is 0 Å². The third kappa shape index (κ3) is 6.03. The van der Waals surface area contributed by atoms with Crippen molar-refractivity contribution in [1.29, 1.82) is 0 Å². The number of nitrogens with one attached hydrogen (secondary N) is 1. The van der Waals surface area contributed by atoms with Gasteiger partial charge in [-0.1, -0.05) is 6.07 Å². The SMILES string of the molecule is Cc1cccnc1CC(=O)N[C@H](CCCC(=O)O)C(=O)O. The molecule has 1 aromatic heterocycles. The minimum absolute atomic E-state index is 0.00458. The summed E-state index contributed by atoms with van der Waals surface area (Å²) < 4.78 is 0. The first-order chi connectivity index (χ1) is 9.90. The van der Waals surface area contributed by atoms with Crippen molar-refractivity contribution < 1.29 is 24.6 Å². The van der Waals surface area contributed by atoms with Crippen molar-refractivity contribution in [3.05, 3.63) is 29.6 Å². The van der Waals surface area contributed by atoms with Crippen LogP contribution >= 0.6 is 0 Å². The topological polar surface area (TPSA) is 117 Å². The van der Waals surface area contributed by atoms with Crippen molar-refractivity contribution >= 4 is 17.8 Å². The minimum atomic E-state index is -1.17. The fraction of sp³-hybridized carbons (Fsp3) is 0.429. The van der Waals surface area contributed by atoms with Crippen LogP contribution in [0.3, 0.4) is 0 Å². The molecule has 21 heavy (non-hydrogen) atoms. The zero-order valence-corrected chi connectivity index (χ0v) is 11.7. The number of nitrogens with zero attached hydrogens (tertiary/aromatic N) is 1. The summed E-state index contributed by atoms with van der Waals surface area (Å²) in [6.07, 6.45) is 1.70. The van der Waals surface area contributed by atoms with E-state index >= 15 is 0 Å². The second-order valence-corrected chi connectivity index (χ2v) is 4.69. The van der Waals surface area contributed by atoms with E-state index in [1.807, 2.05) is 13.0 Å². The average molecular weight is 294 g/mol. The second-order valence-electron chi connectivity index (χ2n) is 4.69. The molecule has 1 heterocycles. The van der Waals surface area contributed by atoms with E-state index in [9.17, 15) is 14.4 Å². The predicted octanol–water partition coefficient (Wildman–Crippen LogP) is 0.757. The van der Waals surface area contributed by atoms with E-state index in [-0.39, 0.29) is 25.7 Å². The van der Waals surface area contributed by atoms with E-state index in [1.54, 1.807) is 12.3 Å². The highest BCUT2D eigenvalue weighted by atomic mass is 16.4. The first-order valence-electron chi connectivity index (χ1n) is 6.54. The van der Waals surface area contributed by atoms with Crippen LogP contribution < -0.4 is 5.32 Å². The summed E-state index contributed by atoms with van der Waals surface area (Å²) in [6, 6.07) is 2.49. The number of carboxylic acid groups (broad SMARTS) is 2. The average Bonchev–Trinajstić information content (AvgIpc) is 2.39. The highest BCUT2D eigenvalue weighted by molar-refractivity contribution is 5.84. The molecule has 0 aliphatic heterocycles. The van der Waals surface area contributed by atoms with Crippen LogP contribution in [0.1, 0.15) is 30.5 Å². The van der Waals surface area contributed by atoms with Gasteiger partial charge in [0.1, 0.15) is 6.04 Å². The smallest absolute Gasteiger partial charge is 0.326 e. The van der Waals surface area contributed by atoms with Gasteiger partial charge in [0.05, 0.1) is 12.1 Å². The number of amides is 1. The van der Waals surface area contributed by atoms with Gasteiger partial charge in [0.15, 0.2) is 0 Å². The summed E-state index contributed by atoms with van der Waals surface area (Å²) in [7, 11) is 0. The zero-order chi connectivity index (χ0) is 15.8. The van der Waals surface area contributed by atoms with E-state index in [1.165, 1.54) is 0 Å². The van der Waals surface area contributed by atoms with Gasteiger partial charge in [-0.25, -0.2) is 4.79 Å². The molecule has 3 N–H and O–H groups in total. The van der Waals surface area contributed by atoms with Gasteiger partial charge in [0.2, 0.25) is 5.91 Å². The molecule has 1 amide bonds.